The summed E-state index contributed by atoms with van der Waals surface area (Å²) in [6.07, 6.45) is 4.49. The van der Waals surface area contributed by atoms with Gasteiger partial charge in [0, 0.05) is 17.4 Å². The Morgan fingerprint density at radius 3 is 2.26 bits per heavy atom. The third kappa shape index (κ3) is 8.86. The Morgan fingerprint density at radius 1 is 0.968 bits per heavy atom. The minimum Gasteiger partial charge on any atom is -0.491 e. The van der Waals surface area contributed by atoms with Crippen molar-refractivity contribution < 1.29 is 29.6 Å². The number of rotatable bonds is 7. The van der Waals surface area contributed by atoms with Crippen molar-refractivity contribution in [3.8, 4) is 16.9 Å². The molecular weight excluding hydrogens is 422 g/mol. The van der Waals surface area contributed by atoms with Gasteiger partial charge in [-0.25, -0.2) is 9.59 Å². The second kappa shape index (κ2) is 12.3. The van der Waals surface area contributed by atoms with Gasteiger partial charge < -0.3 is 20.1 Å². The van der Waals surface area contributed by atoms with E-state index in [-0.39, 0.29) is 6.61 Å². The fraction of sp³-hybridized carbons (Fsp3) is 0.174. The number of nitrogens with zero attached hydrogens (tertiary/aromatic N) is 1. The summed E-state index contributed by atoms with van der Waals surface area (Å²) in [6.45, 7) is 0.275. The van der Waals surface area contributed by atoms with Crippen LogP contribution >= 0.6 is 11.6 Å². The molecule has 1 aromatic heterocycles. The Kier molecular flexibility index (Phi) is 9.48. The topological polar surface area (TPSA) is 117 Å². The van der Waals surface area contributed by atoms with Gasteiger partial charge in [-0.3, -0.25) is 4.98 Å². The number of benzene rings is 2. The summed E-state index contributed by atoms with van der Waals surface area (Å²) in [5, 5.41) is 25.6. The minimum atomic E-state index is -1.82. The van der Waals surface area contributed by atoms with Crippen molar-refractivity contribution in [3.05, 3.63) is 83.6 Å². The predicted molar refractivity (Wildman–Crippen MR) is 116 cm³/mol. The number of carboxylic acids is 2. The van der Waals surface area contributed by atoms with E-state index < -0.39 is 18.0 Å². The SMILES string of the molecule is O=C(O)C(=O)O.O[C@@H](CCc1cccnc1)COc1ccc(-c2cccc(Cl)c2)cc1. The van der Waals surface area contributed by atoms with Crippen LogP contribution in [-0.2, 0) is 16.0 Å². The standard InChI is InChI=1S/C21H20ClNO2.C2H2O4/c22-19-5-1-4-18(13-19)17-7-10-21(11-8-17)25-15-20(24)9-6-16-3-2-12-23-14-16;3-1(4)2(5)6/h1-5,7-8,10-14,20,24H,6,9,15H2;(H,3,4)(H,5,6)/t20-;/m0./s1. The van der Waals surface area contributed by atoms with E-state index in [4.69, 9.17) is 36.1 Å². The van der Waals surface area contributed by atoms with Gasteiger partial charge in [-0.2, -0.15) is 0 Å². The molecule has 0 unspecified atom stereocenters. The molecule has 0 saturated carbocycles. The van der Waals surface area contributed by atoms with Gasteiger partial charge in [-0.1, -0.05) is 41.9 Å². The van der Waals surface area contributed by atoms with E-state index >= 15 is 0 Å². The number of hydrogen-bond donors (Lipinski definition) is 3. The number of ether oxygens (including phenoxy) is 1. The molecule has 7 nitrogen and oxygen atoms in total. The molecule has 0 radical (unpaired) electrons. The van der Waals surface area contributed by atoms with Crippen molar-refractivity contribution >= 4 is 23.5 Å². The lowest BCUT2D eigenvalue weighted by Crippen LogP contribution is -2.18. The lowest BCUT2D eigenvalue weighted by Gasteiger charge is -2.13. The van der Waals surface area contributed by atoms with Crippen LogP contribution in [0.1, 0.15) is 12.0 Å². The molecule has 0 aliphatic heterocycles. The molecule has 31 heavy (non-hydrogen) atoms. The summed E-state index contributed by atoms with van der Waals surface area (Å²) in [4.78, 5) is 22.3. The smallest absolute Gasteiger partial charge is 0.414 e. The van der Waals surface area contributed by atoms with Gasteiger partial charge in [-0.05, 0) is 59.9 Å². The van der Waals surface area contributed by atoms with E-state index in [1.54, 1.807) is 6.20 Å². The molecular formula is C23H22ClNO6. The maximum atomic E-state index is 10.1. The fourth-order valence-corrected chi connectivity index (χ4v) is 2.76. The second-order valence-electron chi connectivity index (χ2n) is 6.51. The summed E-state index contributed by atoms with van der Waals surface area (Å²) in [5.74, 6) is -2.91. The molecule has 0 aliphatic rings. The minimum absolute atomic E-state index is 0.275. The van der Waals surface area contributed by atoms with Crippen LogP contribution in [-0.4, -0.2) is 45.0 Å². The fourth-order valence-electron chi connectivity index (χ4n) is 2.57. The third-order valence-corrected chi connectivity index (χ3v) is 4.36. The Bertz CT molecular complexity index is 967. The van der Waals surface area contributed by atoms with Crippen LogP contribution in [0.25, 0.3) is 11.1 Å². The Labute approximate surface area is 184 Å². The summed E-state index contributed by atoms with van der Waals surface area (Å²) in [7, 11) is 0. The molecule has 0 bridgehead atoms. The van der Waals surface area contributed by atoms with Gasteiger partial charge in [-0.15, -0.1) is 0 Å². The van der Waals surface area contributed by atoms with Crippen molar-refractivity contribution in [1.29, 1.82) is 0 Å². The Balaban J connectivity index is 0.000000501. The first-order valence-electron chi connectivity index (χ1n) is 9.37. The van der Waals surface area contributed by atoms with Gasteiger partial charge in [0.1, 0.15) is 12.4 Å². The summed E-state index contributed by atoms with van der Waals surface area (Å²) < 4.78 is 5.68. The largest absolute Gasteiger partial charge is 0.491 e. The van der Waals surface area contributed by atoms with Gasteiger partial charge >= 0.3 is 11.9 Å². The Morgan fingerprint density at radius 2 is 1.68 bits per heavy atom. The lowest BCUT2D eigenvalue weighted by atomic mass is 10.1. The zero-order chi connectivity index (χ0) is 22.6. The number of hydrogen-bond acceptors (Lipinski definition) is 5. The number of pyridine rings is 1. The summed E-state index contributed by atoms with van der Waals surface area (Å²) in [5.41, 5.74) is 3.26. The van der Waals surface area contributed by atoms with Crippen LogP contribution in [0.2, 0.25) is 5.02 Å². The van der Waals surface area contributed by atoms with Crippen LogP contribution in [0.5, 0.6) is 5.75 Å². The van der Waals surface area contributed by atoms with Gasteiger partial charge in [0.2, 0.25) is 0 Å². The quantitative estimate of drug-likeness (QED) is 0.473. The number of carboxylic acid groups (broad SMARTS) is 2. The first kappa shape index (κ1) is 23.9. The summed E-state index contributed by atoms with van der Waals surface area (Å²) >= 11 is 6.03. The van der Waals surface area contributed by atoms with Crippen LogP contribution in [0, 0.1) is 0 Å². The van der Waals surface area contributed by atoms with Crippen molar-refractivity contribution in [1.82, 2.24) is 4.98 Å². The summed E-state index contributed by atoms with van der Waals surface area (Å²) in [6, 6.07) is 19.4. The van der Waals surface area contributed by atoms with Gasteiger partial charge in [0.25, 0.3) is 0 Å². The van der Waals surface area contributed by atoms with Crippen LogP contribution in [0.3, 0.4) is 0 Å². The third-order valence-electron chi connectivity index (χ3n) is 4.13. The molecule has 3 N–H and O–H groups in total. The van der Waals surface area contributed by atoms with Crippen molar-refractivity contribution in [2.24, 2.45) is 0 Å². The molecule has 1 atom stereocenters. The van der Waals surface area contributed by atoms with E-state index in [0.717, 1.165) is 33.9 Å². The highest BCUT2D eigenvalue weighted by Gasteiger charge is 2.07. The predicted octanol–water partition coefficient (Wildman–Crippen LogP) is 3.93. The first-order valence-corrected chi connectivity index (χ1v) is 9.75. The molecule has 1 heterocycles. The van der Waals surface area contributed by atoms with E-state index in [2.05, 4.69) is 4.98 Å². The maximum Gasteiger partial charge on any atom is 0.414 e. The normalized spacial score (nSPS) is 11.0. The number of halogens is 1. The van der Waals surface area contributed by atoms with Crippen LogP contribution < -0.4 is 4.74 Å². The second-order valence-corrected chi connectivity index (χ2v) is 6.95. The van der Waals surface area contributed by atoms with E-state index in [1.165, 1.54) is 0 Å². The van der Waals surface area contributed by atoms with Gasteiger partial charge in [0.05, 0.1) is 6.10 Å². The van der Waals surface area contributed by atoms with E-state index in [0.29, 0.717) is 6.42 Å². The number of aliphatic carboxylic acids is 2. The zero-order valence-electron chi connectivity index (χ0n) is 16.5. The molecule has 0 saturated heterocycles. The molecule has 0 fully saturated rings. The number of carbonyl (C=O) groups is 2. The Hall–Kier alpha value is -3.42. The van der Waals surface area contributed by atoms with Crippen LogP contribution in [0.4, 0.5) is 0 Å². The van der Waals surface area contributed by atoms with E-state index in [1.807, 2.05) is 66.9 Å². The molecule has 0 spiro atoms. The molecule has 3 aromatic rings. The lowest BCUT2D eigenvalue weighted by molar-refractivity contribution is -0.159. The number of aromatic nitrogens is 1. The molecule has 0 aliphatic carbocycles. The average molecular weight is 444 g/mol. The highest BCUT2D eigenvalue weighted by Crippen LogP contribution is 2.25. The molecule has 3 rings (SSSR count). The number of aliphatic hydroxyl groups excluding tert-OH is 1. The van der Waals surface area contributed by atoms with E-state index in [9.17, 15) is 5.11 Å². The van der Waals surface area contributed by atoms with Gasteiger partial charge in [0.15, 0.2) is 0 Å². The monoisotopic (exact) mass is 443 g/mol. The number of aliphatic hydroxyl groups is 1. The highest BCUT2D eigenvalue weighted by molar-refractivity contribution is 6.30. The van der Waals surface area contributed by atoms with Crippen molar-refractivity contribution in [3.63, 3.8) is 0 Å². The first-order chi connectivity index (χ1) is 14.8. The maximum absolute atomic E-state index is 10.1. The van der Waals surface area contributed by atoms with Crippen LogP contribution in [0.15, 0.2) is 73.1 Å². The molecule has 0 amide bonds. The molecule has 162 valence electrons. The van der Waals surface area contributed by atoms with Crippen molar-refractivity contribution in [2.75, 3.05) is 6.61 Å². The molecule has 8 heteroatoms. The van der Waals surface area contributed by atoms with Crippen molar-refractivity contribution in [2.45, 2.75) is 18.9 Å². The average Bonchev–Trinajstić information content (AvgIpc) is 2.77. The molecule has 2 aromatic carbocycles. The number of aryl methyl sites for hydroxylation is 1. The highest BCUT2D eigenvalue weighted by atomic mass is 35.5. The zero-order valence-corrected chi connectivity index (χ0v) is 17.3.